The SMILES string of the molecule is CCC1CN(c2nc(N)nc(N(CC)CC)n2)CCS1. The summed E-state index contributed by atoms with van der Waals surface area (Å²) in [4.78, 5) is 17.5. The van der Waals surface area contributed by atoms with Crippen LogP contribution >= 0.6 is 11.8 Å². The first-order valence-corrected chi connectivity index (χ1v) is 8.35. The number of nitrogens with two attached hydrogens (primary N) is 1. The lowest BCUT2D eigenvalue weighted by molar-refractivity contribution is 0.703. The van der Waals surface area contributed by atoms with Crippen LogP contribution in [0.25, 0.3) is 0 Å². The molecule has 0 aromatic carbocycles. The van der Waals surface area contributed by atoms with Crippen LogP contribution in [0, 0.1) is 0 Å². The molecule has 0 saturated carbocycles. The van der Waals surface area contributed by atoms with Crippen molar-refractivity contribution in [2.24, 2.45) is 0 Å². The molecule has 1 atom stereocenters. The fraction of sp³-hybridized carbons (Fsp3) is 0.769. The van der Waals surface area contributed by atoms with E-state index in [1.54, 1.807) is 0 Å². The Kier molecular flexibility index (Phi) is 5.28. The Labute approximate surface area is 125 Å². The van der Waals surface area contributed by atoms with Gasteiger partial charge in [0, 0.05) is 37.2 Å². The molecule has 0 radical (unpaired) electrons. The number of hydrogen-bond donors (Lipinski definition) is 1. The van der Waals surface area contributed by atoms with E-state index < -0.39 is 0 Å². The van der Waals surface area contributed by atoms with Crippen LogP contribution in [0.4, 0.5) is 17.8 Å². The van der Waals surface area contributed by atoms with E-state index in [9.17, 15) is 0 Å². The Morgan fingerprint density at radius 2 is 2.00 bits per heavy atom. The molecule has 1 unspecified atom stereocenters. The number of anilines is 3. The Morgan fingerprint density at radius 3 is 2.65 bits per heavy atom. The van der Waals surface area contributed by atoms with Crippen LogP contribution in [0.1, 0.15) is 27.2 Å². The Hall–Kier alpha value is -1.24. The van der Waals surface area contributed by atoms with Crippen LogP contribution in [0.5, 0.6) is 0 Å². The highest BCUT2D eigenvalue weighted by atomic mass is 32.2. The minimum Gasteiger partial charge on any atom is -0.368 e. The minimum atomic E-state index is 0.308. The maximum absolute atomic E-state index is 5.86. The number of aromatic nitrogens is 3. The third-order valence-corrected chi connectivity index (χ3v) is 4.92. The van der Waals surface area contributed by atoms with Gasteiger partial charge in [-0.2, -0.15) is 26.7 Å². The predicted octanol–water partition coefficient (Wildman–Crippen LogP) is 1.63. The molecular weight excluding hydrogens is 272 g/mol. The van der Waals surface area contributed by atoms with Gasteiger partial charge in [0.15, 0.2) is 0 Å². The molecule has 7 heteroatoms. The molecule has 1 aromatic rings. The molecule has 1 aliphatic rings. The van der Waals surface area contributed by atoms with Crippen molar-refractivity contribution in [2.75, 3.05) is 47.5 Å². The molecule has 0 spiro atoms. The summed E-state index contributed by atoms with van der Waals surface area (Å²) in [7, 11) is 0. The van der Waals surface area contributed by atoms with Gasteiger partial charge in [-0.15, -0.1) is 0 Å². The number of thioether (sulfide) groups is 1. The number of nitrogens with zero attached hydrogens (tertiary/aromatic N) is 5. The third-order valence-electron chi connectivity index (χ3n) is 3.55. The average Bonchev–Trinajstić information content (AvgIpc) is 2.48. The molecule has 2 rings (SSSR count). The first kappa shape index (κ1) is 15.2. The van der Waals surface area contributed by atoms with Crippen LogP contribution < -0.4 is 15.5 Å². The van der Waals surface area contributed by atoms with Crippen LogP contribution in [-0.2, 0) is 0 Å². The summed E-state index contributed by atoms with van der Waals surface area (Å²) in [6.45, 7) is 10.1. The number of nitrogen functional groups attached to an aromatic ring is 1. The zero-order valence-electron chi connectivity index (χ0n) is 12.5. The van der Waals surface area contributed by atoms with Crippen molar-refractivity contribution in [3.63, 3.8) is 0 Å². The van der Waals surface area contributed by atoms with Crippen molar-refractivity contribution < 1.29 is 0 Å². The van der Waals surface area contributed by atoms with E-state index >= 15 is 0 Å². The first-order chi connectivity index (χ1) is 9.67. The lowest BCUT2D eigenvalue weighted by Gasteiger charge is -2.32. The lowest BCUT2D eigenvalue weighted by atomic mass is 10.3. The Bertz CT molecular complexity index is 437. The summed E-state index contributed by atoms with van der Waals surface area (Å²) in [5.41, 5.74) is 5.86. The van der Waals surface area contributed by atoms with E-state index in [2.05, 4.69) is 45.5 Å². The van der Waals surface area contributed by atoms with E-state index in [0.29, 0.717) is 17.1 Å². The average molecular weight is 296 g/mol. The van der Waals surface area contributed by atoms with Crippen LogP contribution in [0.15, 0.2) is 0 Å². The van der Waals surface area contributed by atoms with Gasteiger partial charge in [-0.3, -0.25) is 0 Å². The quantitative estimate of drug-likeness (QED) is 0.885. The largest absolute Gasteiger partial charge is 0.368 e. The summed E-state index contributed by atoms with van der Waals surface area (Å²) in [6, 6.07) is 0. The van der Waals surface area contributed by atoms with Gasteiger partial charge < -0.3 is 15.5 Å². The minimum absolute atomic E-state index is 0.308. The summed E-state index contributed by atoms with van der Waals surface area (Å²) < 4.78 is 0. The topological polar surface area (TPSA) is 71.2 Å². The molecule has 2 heterocycles. The fourth-order valence-corrected chi connectivity index (χ4v) is 3.49. The van der Waals surface area contributed by atoms with Gasteiger partial charge in [0.1, 0.15) is 0 Å². The summed E-state index contributed by atoms with van der Waals surface area (Å²) in [5.74, 6) is 2.83. The monoisotopic (exact) mass is 296 g/mol. The van der Waals surface area contributed by atoms with Crippen LogP contribution in [0.2, 0.25) is 0 Å². The third kappa shape index (κ3) is 3.45. The van der Waals surface area contributed by atoms with Crippen molar-refractivity contribution >= 4 is 29.6 Å². The van der Waals surface area contributed by atoms with E-state index in [1.807, 2.05) is 11.8 Å². The molecule has 1 fully saturated rings. The van der Waals surface area contributed by atoms with Crippen molar-refractivity contribution in [1.29, 1.82) is 0 Å². The molecule has 0 bridgehead atoms. The maximum Gasteiger partial charge on any atom is 0.232 e. The Balaban J connectivity index is 2.22. The van der Waals surface area contributed by atoms with Crippen molar-refractivity contribution in [1.82, 2.24) is 15.0 Å². The second-order valence-electron chi connectivity index (χ2n) is 4.81. The van der Waals surface area contributed by atoms with E-state index in [1.165, 1.54) is 6.42 Å². The Morgan fingerprint density at radius 1 is 1.25 bits per heavy atom. The van der Waals surface area contributed by atoms with Gasteiger partial charge in [0.05, 0.1) is 0 Å². The van der Waals surface area contributed by atoms with Gasteiger partial charge in [-0.25, -0.2) is 0 Å². The van der Waals surface area contributed by atoms with Gasteiger partial charge >= 0.3 is 0 Å². The highest BCUT2D eigenvalue weighted by molar-refractivity contribution is 8.00. The molecule has 1 aromatic heterocycles. The van der Waals surface area contributed by atoms with Gasteiger partial charge in [0.25, 0.3) is 0 Å². The van der Waals surface area contributed by atoms with E-state index in [0.717, 1.165) is 37.9 Å². The standard InChI is InChI=1S/C13H24N6S/c1-4-10-9-19(7-8-20-10)13-16-11(14)15-12(17-13)18(5-2)6-3/h10H,4-9H2,1-3H3,(H2,14,15,16,17). The highest BCUT2D eigenvalue weighted by Gasteiger charge is 2.22. The van der Waals surface area contributed by atoms with Crippen LogP contribution in [0.3, 0.4) is 0 Å². The normalized spacial score (nSPS) is 19.1. The molecule has 1 saturated heterocycles. The molecule has 20 heavy (non-hydrogen) atoms. The van der Waals surface area contributed by atoms with Gasteiger partial charge in [-0.05, 0) is 20.3 Å². The van der Waals surface area contributed by atoms with Gasteiger partial charge in [-0.1, -0.05) is 6.92 Å². The number of hydrogen-bond acceptors (Lipinski definition) is 7. The van der Waals surface area contributed by atoms with Crippen molar-refractivity contribution in [3.8, 4) is 0 Å². The van der Waals surface area contributed by atoms with Crippen molar-refractivity contribution in [2.45, 2.75) is 32.4 Å². The second-order valence-corrected chi connectivity index (χ2v) is 6.22. The number of rotatable bonds is 5. The molecule has 1 aliphatic heterocycles. The molecule has 112 valence electrons. The maximum atomic E-state index is 5.86. The highest BCUT2D eigenvalue weighted by Crippen LogP contribution is 2.24. The van der Waals surface area contributed by atoms with E-state index in [4.69, 9.17) is 5.73 Å². The summed E-state index contributed by atoms with van der Waals surface area (Å²) >= 11 is 2.03. The van der Waals surface area contributed by atoms with Crippen LogP contribution in [-0.4, -0.2) is 52.1 Å². The molecule has 6 nitrogen and oxygen atoms in total. The lowest BCUT2D eigenvalue weighted by Crippen LogP contribution is -2.39. The van der Waals surface area contributed by atoms with Crippen molar-refractivity contribution in [3.05, 3.63) is 0 Å². The zero-order valence-corrected chi connectivity index (χ0v) is 13.4. The molecule has 0 aliphatic carbocycles. The zero-order chi connectivity index (χ0) is 14.5. The first-order valence-electron chi connectivity index (χ1n) is 7.30. The predicted molar refractivity (Wildman–Crippen MR) is 86.6 cm³/mol. The fourth-order valence-electron chi connectivity index (χ4n) is 2.31. The molecule has 0 amide bonds. The molecular formula is C13H24N6S. The second kappa shape index (κ2) is 6.97. The molecule has 2 N–H and O–H groups in total. The summed E-state index contributed by atoms with van der Waals surface area (Å²) in [5, 5.41) is 0.652. The van der Waals surface area contributed by atoms with Gasteiger partial charge in [0.2, 0.25) is 17.8 Å². The summed E-state index contributed by atoms with van der Waals surface area (Å²) in [6.07, 6.45) is 1.17. The smallest absolute Gasteiger partial charge is 0.232 e. The van der Waals surface area contributed by atoms with E-state index in [-0.39, 0.29) is 0 Å².